The first-order valence-electron chi connectivity index (χ1n) is 13.7. The standard InChI is InChI=1S/C29H50O2S/c1-2-3-4-5-6-7-8-9-10-11-12-13-14-15-16-17-18-19-20-23-26-31-29(30)27-24-21-22-25-28(27)32/h21-22,24-25,32H,2-20,23,26H2,1H3. The minimum absolute atomic E-state index is 0.256. The second kappa shape index (κ2) is 21.9. The largest absolute Gasteiger partial charge is 0.462 e. The molecule has 0 aliphatic heterocycles. The molecule has 0 N–H and O–H groups in total. The molecular weight excluding hydrogens is 412 g/mol. The van der Waals surface area contributed by atoms with Crippen LogP contribution in [-0.4, -0.2) is 12.6 Å². The number of ether oxygens (including phenoxy) is 1. The fraction of sp³-hybridized carbons (Fsp3) is 0.759. The Hall–Kier alpha value is -0.960. The van der Waals surface area contributed by atoms with E-state index in [4.69, 9.17) is 4.74 Å². The summed E-state index contributed by atoms with van der Waals surface area (Å²) in [5.74, 6) is -0.256. The van der Waals surface area contributed by atoms with E-state index in [1.165, 1.54) is 116 Å². The van der Waals surface area contributed by atoms with E-state index >= 15 is 0 Å². The Balaban J connectivity index is 1.74. The first kappa shape index (κ1) is 29.1. The van der Waals surface area contributed by atoms with Crippen LogP contribution in [-0.2, 0) is 4.74 Å². The Morgan fingerprint density at radius 2 is 1.00 bits per heavy atom. The summed E-state index contributed by atoms with van der Waals surface area (Å²) < 4.78 is 5.36. The fourth-order valence-electron chi connectivity index (χ4n) is 4.25. The lowest BCUT2D eigenvalue weighted by molar-refractivity contribution is 0.0493. The van der Waals surface area contributed by atoms with Gasteiger partial charge in [-0.15, -0.1) is 12.6 Å². The van der Waals surface area contributed by atoms with Gasteiger partial charge in [-0.1, -0.05) is 141 Å². The third-order valence-electron chi connectivity index (χ3n) is 6.36. The lowest BCUT2D eigenvalue weighted by Gasteiger charge is -2.06. The van der Waals surface area contributed by atoms with Crippen molar-refractivity contribution in [3.63, 3.8) is 0 Å². The minimum atomic E-state index is -0.256. The highest BCUT2D eigenvalue weighted by molar-refractivity contribution is 7.80. The molecule has 3 heteroatoms. The first-order chi connectivity index (χ1) is 15.8. The average Bonchev–Trinajstić information content (AvgIpc) is 2.80. The molecule has 0 aliphatic rings. The van der Waals surface area contributed by atoms with Gasteiger partial charge in [0.1, 0.15) is 0 Å². The van der Waals surface area contributed by atoms with Gasteiger partial charge in [0.05, 0.1) is 12.2 Å². The first-order valence-corrected chi connectivity index (χ1v) is 14.2. The van der Waals surface area contributed by atoms with E-state index in [2.05, 4.69) is 19.6 Å². The van der Waals surface area contributed by atoms with Crippen molar-refractivity contribution < 1.29 is 9.53 Å². The number of thiol groups is 1. The van der Waals surface area contributed by atoms with Crippen molar-refractivity contribution in [2.75, 3.05) is 6.61 Å². The summed E-state index contributed by atoms with van der Waals surface area (Å²) in [7, 11) is 0. The number of hydrogen-bond donors (Lipinski definition) is 1. The van der Waals surface area contributed by atoms with Crippen LogP contribution in [0.4, 0.5) is 0 Å². The molecule has 32 heavy (non-hydrogen) atoms. The van der Waals surface area contributed by atoms with Gasteiger partial charge in [-0.25, -0.2) is 4.79 Å². The van der Waals surface area contributed by atoms with Gasteiger partial charge in [0.2, 0.25) is 0 Å². The zero-order valence-corrected chi connectivity index (χ0v) is 21.8. The molecule has 0 amide bonds. The van der Waals surface area contributed by atoms with E-state index in [0.29, 0.717) is 17.1 Å². The number of unbranched alkanes of at least 4 members (excludes halogenated alkanes) is 19. The molecule has 1 aromatic carbocycles. The van der Waals surface area contributed by atoms with Crippen LogP contribution in [0.3, 0.4) is 0 Å². The van der Waals surface area contributed by atoms with E-state index in [9.17, 15) is 4.79 Å². The molecule has 0 spiro atoms. The summed E-state index contributed by atoms with van der Waals surface area (Å²) in [6.45, 7) is 2.80. The van der Waals surface area contributed by atoms with Gasteiger partial charge < -0.3 is 4.74 Å². The molecule has 1 aromatic rings. The number of hydrogen-bond acceptors (Lipinski definition) is 3. The number of esters is 1. The molecule has 0 bridgehead atoms. The van der Waals surface area contributed by atoms with Crippen LogP contribution in [0.2, 0.25) is 0 Å². The second-order valence-corrected chi connectivity index (χ2v) is 9.85. The monoisotopic (exact) mass is 462 g/mol. The second-order valence-electron chi connectivity index (χ2n) is 9.37. The van der Waals surface area contributed by atoms with Crippen molar-refractivity contribution in [2.45, 2.75) is 140 Å². The Labute approximate surface area is 204 Å². The van der Waals surface area contributed by atoms with E-state index in [1.54, 1.807) is 6.07 Å². The van der Waals surface area contributed by atoms with Crippen molar-refractivity contribution in [2.24, 2.45) is 0 Å². The topological polar surface area (TPSA) is 26.3 Å². The van der Waals surface area contributed by atoms with Gasteiger partial charge in [-0.2, -0.15) is 0 Å². The maximum absolute atomic E-state index is 12.0. The van der Waals surface area contributed by atoms with E-state index in [1.807, 2.05) is 18.2 Å². The summed E-state index contributed by atoms with van der Waals surface area (Å²) in [5.41, 5.74) is 0.559. The van der Waals surface area contributed by atoms with E-state index < -0.39 is 0 Å². The van der Waals surface area contributed by atoms with E-state index in [-0.39, 0.29) is 5.97 Å². The summed E-state index contributed by atoms with van der Waals surface area (Å²) in [5, 5.41) is 0. The van der Waals surface area contributed by atoms with Crippen LogP contribution < -0.4 is 0 Å². The third kappa shape index (κ3) is 16.6. The maximum atomic E-state index is 12.0. The van der Waals surface area contributed by atoms with Crippen molar-refractivity contribution in [1.82, 2.24) is 0 Å². The average molecular weight is 463 g/mol. The number of benzene rings is 1. The Kier molecular flexibility index (Phi) is 19.9. The summed E-state index contributed by atoms with van der Waals surface area (Å²) >= 11 is 4.31. The minimum Gasteiger partial charge on any atom is -0.462 e. The van der Waals surface area contributed by atoms with Gasteiger partial charge in [0.25, 0.3) is 0 Å². The normalized spacial score (nSPS) is 11.1. The van der Waals surface area contributed by atoms with Crippen LogP contribution in [0.1, 0.15) is 146 Å². The zero-order valence-electron chi connectivity index (χ0n) is 20.9. The smallest absolute Gasteiger partial charge is 0.339 e. The van der Waals surface area contributed by atoms with Crippen LogP contribution >= 0.6 is 12.6 Å². The van der Waals surface area contributed by atoms with Crippen LogP contribution in [0.25, 0.3) is 0 Å². The predicted octanol–water partition coefficient (Wildman–Crippen LogP) is 9.95. The maximum Gasteiger partial charge on any atom is 0.339 e. The molecule has 0 saturated carbocycles. The van der Waals surface area contributed by atoms with Crippen molar-refractivity contribution >= 4 is 18.6 Å². The molecule has 2 nitrogen and oxygen atoms in total. The van der Waals surface area contributed by atoms with Crippen LogP contribution in [0, 0.1) is 0 Å². The Bertz CT molecular complexity index is 558. The number of rotatable bonds is 22. The third-order valence-corrected chi connectivity index (χ3v) is 6.74. The quantitative estimate of drug-likeness (QED) is 0.105. The fourth-order valence-corrected chi connectivity index (χ4v) is 4.50. The molecular formula is C29H50O2S. The molecule has 1 rings (SSSR count). The molecule has 0 aromatic heterocycles. The molecule has 184 valence electrons. The van der Waals surface area contributed by atoms with Crippen molar-refractivity contribution in [3.8, 4) is 0 Å². The highest BCUT2D eigenvalue weighted by Crippen LogP contribution is 2.16. The number of carbonyl (C=O) groups is 1. The molecule has 0 radical (unpaired) electrons. The molecule has 0 atom stereocenters. The predicted molar refractivity (Wildman–Crippen MR) is 142 cm³/mol. The van der Waals surface area contributed by atoms with E-state index in [0.717, 1.165) is 12.8 Å². The lowest BCUT2D eigenvalue weighted by Crippen LogP contribution is -2.07. The Morgan fingerprint density at radius 3 is 1.41 bits per heavy atom. The summed E-state index contributed by atoms with van der Waals surface area (Å²) in [6, 6.07) is 7.30. The van der Waals surface area contributed by atoms with Gasteiger partial charge >= 0.3 is 5.97 Å². The molecule has 0 fully saturated rings. The molecule has 0 aliphatic carbocycles. The SMILES string of the molecule is CCCCCCCCCCCCCCCCCCCCCCOC(=O)c1ccccc1S. The highest BCUT2D eigenvalue weighted by atomic mass is 32.1. The molecule has 0 unspecified atom stereocenters. The van der Waals surface area contributed by atoms with Crippen LogP contribution in [0.5, 0.6) is 0 Å². The summed E-state index contributed by atoms with van der Waals surface area (Å²) in [4.78, 5) is 12.7. The Morgan fingerprint density at radius 1 is 0.625 bits per heavy atom. The lowest BCUT2D eigenvalue weighted by atomic mass is 10.0. The van der Waals surface area contributed by atoms with Crippen molar-refractivity contribution in [1.29, 1.82) is 0 Å². The zero-order chi connectivity index (χ0) is 23.1. The van der Waals surface area contributed by atoms with Crippen molar-refractivity contribution in [3.05, 3.63) is 29.8 Å². The highest BCUT2D eigenvalue weighted by Gasteiger charge is 2.09. The number of carbonyl (C=O) groups excluding carboxylic acids is 1. The molecule has 0 heterocycles. The van der Waals surface area contributed by atoms with Crippen LogP contribution in [0.15, 0.2) is 29.2 Å². The van der Waals surface area contributed by atoms with Gasteiger partial charge in [0.15, 0.2) is 0 Å². The van der Waals surface area contributed by atoms with Gasteiger partial charge in [0, 0.05) is 4.90 Å². The van der Waals surface area contributed by atoms with Gasteiger partial charge in [-0.3, -0.25) is 0 Å². The van der Waals surface area contributed by atoms with Gasteiger partial charge in [-0.05, 0) is 18.6 Å². The molecule has 0 saturated heterocycles. The summed E-state index contributed by atoms with van der Waals surface area (Å²) in [6.07, 6.45) is 27.5.